The van der Waals surface area contributed by atoms with Gasteiger partial charge in [0.2, 0.25) is 0 Å². The number of halogens is 3. The fraction of sp³-hybridized carbons (Fsp3) is 0.353. The average molecular weight is 342 g/mol. The fourth-order valence-corrected chi connectivity index (χ4v) is 1.66. The molecule has 0 bridgehead atoms. The Morgan fingerprint density at radius 1 is 1.08 bits per heavy atom. The van der Waals surface area contributed by atoms with Gasteiger partial charge >= 0.3 is 12.1 Å². The average Bonchev–Trinajstić information content (AvgIpc) is 2.99. The van der Waals surface area contributed by atoms with E-state index in [-0.39, 0.29) is 5.54 Å². The quantitative estimate of drug-likeness (QED) is 0.886. The number of alkyl halides is 3. The minimum absolute atomic E-state index is 0.166. The van der Waals surface area contributed by atoms with Gasteiger partial charge in [0.05, 0.1) is 0 Å². The maximum atomic E-state index is 10.6. The van der Waals surface area contributed by atoms with Crippen LogP contribution in [0.1, 0.15) is 26.3 Å². The Balaban J connectivity index is 0.000000351. The molecule has 1 aromatic heterocycles. The summed E-state index contributed by atoms with van der Waals surface area (Å²) >= 11 is 0. The van der Waals surface area contributed by atoms with Gasteiger partial charge in [0, 0.05) is 30.2 Å². The lowest BCUT2D eigenvalue weighted by Crippen LogP contribution is -2.35. The summed E-state index contributed by atoms with van der Waals surface area (Å²) in [6, 6.07) is 12.7. The predicted octanol–water partition coefficient (Wildman–Crippen LogP) is 4.00. The second-order valence-electron chi connectivity index (χ2n) is 6.16. The van der Waals surface area contributed by atoms with Crippen molar-refractivity contribution in [1.29, 1.82) is 0 Å². The van der Waals surface area contributed by atoms with Gasteiger partial charge in [-0.25, -0.2) is 4.79 Å². The number of benzene rings is 1. The summed E-state index contributed by atoms with van der Waals surface area (Å²) < 4.78 is 33.8. The van der Waals surface area contributed by atoms with Crippen molar-refractivity contribution in [2.45, 2.75) is 39.0 Å². The van der Waals surface area contributed by atoms with Gasteiger partial charge in [-0.05, 0) is 50.6 Å². The van der Waals surface area contributed by atoms with Crippen LogP contribution in [0.5, 0.6) is 0 Å². The van der Waals surface area contributed by atoms with Crippen LogP contribution in [-0.2, 0) is 11.3 Å². The highest BCUT2D eigenvalue weighted by Crippen LogP contribution is 2.13. The molecule has 0 atom stereocenters. The number of aliphatic carboxylic acids is 1. The monoisotopic (exact) mass is 342 g/mol. The highest BCUT2D eigenvalue weighted by Gasteiger charge is 2.38. The Hall–Kier alpha value is -2.28. The first-order chi connectivity index (χ1) is 11.0. The molecule has 0 spiro atoms. The largest absolute Gasteiger partial charge is 0.490 e. The SMILES string of the molecule is CC(C)(C)NCc1ccc(-n2cccc2)cc1.O=C(O)C(F)(F)F. The number of hydrogen-bond donors (Lipinski definition) is 2. The highest BCUT2D eigenvalue weighted by molar-refractivity contribution is 5.73. The van der Waals surface area contributed by atoms with Crippen LogP contribution in [-0.4, -0.2) is 27.4 Å². The van der Waals surface area contributed by atoms with Gasteiger partial charge in [0.1, 0.15) is 0 Å². The normalized spacial score (nSPS) is 11.6. The van der Waals surface area contributed by atoms with Crippen LogP contribution in [0.3, 0.4) is 0 Å². The molecule has 0 saturated heterocycles. The van der Waals surface area contributed by atoms with Crippen molar-refractivity contribution in [2.24, 2.45) is 0 Å². The molecule has 0 radical (unpaired) electrons. The molecule has 7 heteroatoms. The van der Waals surface area contributed by atoms with Crippen molar-refractivity contribution in [1.82, 2.24) is 9.88 Å². The van der Waals surface area contributed by atoms with Crippen molar-refractivity contribution in [2.75, 3.05) is 0 Å². The maximum Gasteiger partial charge on any atom is 0.490 e. The number of rotatable bonds is 3. The van der Waals surface area contributed by atoms with Gasteiger partial charge in [-0.1, -0.05) is 12.1 Å². The van der Waals surface area contributed by atoms with Crippen LogP contribution in [0.15, 0.2) is 48.8 Å². The summed E-state index contributed by atoms with van der Waals surface area (Å²) in [5.41, 5.74) is 2.68. The van der Waals surface area contributed by atoms with Crippen LogP contribution in [0.25, 0.3) is 5.69 Å². The molecule has 0 saturated carbocycles. The minimum atomic E-state index is -5.08. The summed E-state index contributed by atoms with van der Waals surface area (Å²) in [7, 11) is 0. The lowest BCUT2D eigenvalue weighted by atomic mass is 10.1. The third-order valence-corrected chi connectivity index (χ3v) is 2.90. The molecule has 4 nitrogen and oxygen atoms in total. The van der Waals surface area contributed by atoms with Gasteiger partial charge in [-0.15, -0.1) is 0 Å². The molecule has 0 fully saturated rings. The van der Waals surface area contributed by atoms with Gasteiger partial charge in [0.25, 0.3) is 0 Å². The standard InChI is InChI=1S/C15H20N2.C2HF3O2/c1-15(2,3)16-12-13-6-8-14(9-7-13)17-10-4-5-11-17;3-2(4,5)1(6)7/h4-11,16H,12H2,1-3H3;(H,6,7). The van der Waals surface area contributed by atoms with Gasteiger partial charge in [0.15, 0.2) is 0 Å². The number of aromatic nitrogens is 1. The smallest absolute Gasteiger partial charge is 0.475 e. The second kappa shape index (κ2) is 8.01. The molecule has 24 heavy (non-hydrogen) atoms. The predicted molar refractivity (Wildman–Crippen MR) is 86.1 cm³/mol. The van der Waals surface area contributed by atoms with Crippen molar-refractivity contribution >= 4 is 5.97 Å². The van der Waals surface area contributed by atoms with Crippen molar-refractivity contribution in [3.63, 3.8) is 0 Å². The Labute approximate surface area is 138 Å². The molecule has 0 aliphatic carbocycles. The lowest BCUT2D eigenvalue weighted by molar-refractivity contribution is -0.192. The zero-order valence-electron chi connectivity index (χ0n) is 13.8. The number of nitrogens with zero attached hydrogens (tertiary/aromatic N) is 1. The summed E-state index contributed by atoms with van der Waals surface area (Å²) in [6.07, 6.45) is -0.967. The number of carboxylic acid groups (broad SMARTS) is 1. The number of hydrogen-bond acceptors (Lipinski definition) is 2. The summed E-state index contributed by atoms with van der Waals surface area (Å²) in [4.78, 5) is 8.90. The Kier molecular flexibility index (Phi) is 6.60. The van der Waals surface area contributed by atoms with E-state index in [0.29, 0.717) is 0 Å². The third-order valence-electron chi connectivity index (χ3n) is 2.90. The molecular weight excluding hydrogens is 321 g/mol. The first-order valence-corrected chi connectivity index (χ1v) is 7.26. The first kappa shape index (κ1) is 19.8. The summed E-state index contributed by atoms with van der Waals surface area (Å²) in [5, 5.41) is 10.6. The van der Waals surface area contributed by atoms with Crippen molar-refractivity contribution in [3.05, 3.63) is 54.4 Å². The summed E-state index contributed by atoms with van der Waals surface area (Å²) in [5.74, 6) is -2.76. The molecule has 1 heterocycles. The Morgan fingerprint density at radius 2 is 1.54 bits per heavy atom. The van der Waals surface area contributed by atoms with E-state index in [1.54, 1.807) is 0 Å². The zero-order chi connectivity index (χ0) is 18.4. The topological polar surface area (TPSA) is 54.3 Å². The van der Waals surface area contributed by atoms with E-state index in [9.17, 15) is 13.2 Å². The first-order valence-electron chi connectivity index (χ1n) is 7.26. The van der Waals surface area contributed by atoms with Gasteiger partial charge in [-0.3, -0.25) is 0 Å². The number of nitrogens with one attached hydrogen (secondary N) is 1. The number of carboxylic acids is 1. The van der Waals surface area contributed by atoms with Crippen molar-refractivity contribution < 1.29 is 23.1 Å². The molecule has 0 aliphatic heterocycles. The summed E-state index contributed by atoms with van der Waals surface area (Å²) in [6.45, 7) is 7.46. The van der Waals surface area contributed by atoms with Crippen LogP contribution in [0, 0.1) is 0 Å². The molecule has 132 valence electrons. The van der Waals surface area contributed by atoms with Crippen LogP contribution >= 0.6 is 0 Å². The molecule has 0 aliphatic rings. The Bertz CT molecular complexity index is 627. The Morgan fingerprint density at radius 3 is 1.92 bits per heavy atom. The van der Waals surface area contributed by atoms with Crippen LogP contribution < -0.4 is 5.32 Å². The highest BCUT2D eigenvalue weighted by atomic mass is 19.4. The van der Waals surface area contributed by atoms with Crippen molar-refractivity contribution in [3.8, 4) is 5.69 Å². The molecular formula is C17H21F3N2O2. The van der Waals surface area contributed by atoms with Crippen LogP contribution in [0.4, 0.5) is 13.2 Å². The molecule has 2 rings (SSSR count). The number of carbonyl (C=O) groups is 1. The van der Waals surface area contributed by atoms with E-state index in [0.717, 1.165) is 6.54 Å². The van der Waals surface area contributed by atoms with Gasteiger partial charge < -0.3 is 15.0 Å². The molecule has 0 unspecified atom stereocenters. The minimum Gasteiger partial charge on any atom is -0.475 e. The van der Waals surface area contributed by atoms with E-state index in [1.165, 1.54) is 11.3 Å². The van der Waals surface area contributed by atoms with E-state index < -0.39 is 12.1 Å². The lowest BCUT2D eigenvalue weighted by Gasteiger charge is -2.20. The molecule has 2 N–H and O–H groups in total. The second-order valence-corrected chi connectivity index (χ2v) is 6.16. The van der Waals surface area contributed by atoms with Crippen LogP contribution in [0.2, 0.25) is 0 Å². The maximum absolute atomic E-state index is 10.6. The molecule has 2 aromatic rings. The van der Waals surface area contributed by atoms with E-state index in [4.69, 9.17) is 9.90 Å². The molecule has 1 aromatic carbocycles. The fourth-order valence-electron chi connectivity index (χ4n) is 1.66. The molecule has 0 amide bonds. The van der Waals surface area contributed by atoms with Gasteiger partial charge in [-0.2, -0.15) is 13.2 Å². The van der Waals surface area contributed by atoms with E-state index in [1.807, 2.05) is 12.1 Å². The zero-order valence-corrected chi connectivity index (χ0v) is 13.8. The van der Waals surface area contributed by atoms with E-state index >= 15 is 0 Å². The third kappa shape index (κ3) is 7.32. The van der Waals surface area contributed by atoms with E-state index in [2.05, 4.69) is 67.3 Å².